The second kappa shape index (κ2) is 3.28. The zero-order valence-electron chi connectivity index (χ0n) is 8.28. The van der Waals surface area contributed by atoms with E-state index in [1.807, 2.05) is 0 Å². The molecule has 1 aromatic rings. The number of nitrogens with zero attached hydrogens (tertiary/aromatic N) is 1. The molecular weight excluding hydrogens is 174 g/mol. The van der Waals surface area contributed by atoms with Gasteiger partial charge in [0.05, 0.1) is 12.7 Å². The molecule has 0 N–H and O–H groups in total. The molecule has 0 aliphatic carbocycles. The maximum atomic E-state index is 5.28. The number of hydrogen-bond donors (Lipinski definition) is 0. The third-order valence-corrected chi connectivity index (χ3v) is 3.03. The number of benzene rings is 1. The van der Waals surface area contributed by atoms with E-state index < -0.39 is 0 Å². The van der Waals surface area contributed by atoms with Crippen LogP contribution in [0.4, 0.5) is 5.69 Å². The summed E-state index contributed by atoms with van der Waals surface area (Å²) in [5.74, 6) is 0. The van der Waals surface area contributed by atoms with E-state index in [1.54, 1.807) is 0 Å². The number of hydrogen-bond acceptors (Lipinski definition) is 2. The summed E-state index contributed by atoms with van der Waals surface area (Å²) in [5.41, 5.74) is 2.92. The highest BCUT2D eigenvalue weighted by Crippen LogP contribution is 2.28. The smallest absolute Gasteiger partial charge is 0.0984 e. The molecule has 0 spiro atoms. The van der Waals surface area contributed by atoms with Gasteiger partial charge in [-0.2, -0.15) is 0 Å². The molecule has 2 aliphatic heterocycles. The van der Waals surface area contributed by atoms with Crippen LogP contribution in [0.25, 0.3) is 0 Å². The summed E-state index contributed by atoms with van der Waals surface area (Å²) >= 11 is 0. The lowest BCUT2D eigenvalue weighted by atomic mass is 10.0. The topological polar surface area (TPSA) is 15.8 Å². The molecule has 0 aromatic heterocycles. The molecule has 2 aliphatic rings. The molecule has 1 fully saturated rings. The van der Waals surface area contributed by atoms with Crippen LogP contribution in [0.1, 0.15) is 12.0 Å². The average molecular weight is 189 g/mol. The number of epoxide rings is 1. The minimum Gasteiger partial charge on any atom is -0.371 e. The Hall–Kier alpha value is -1.02. The normalized spacial score (nSPS) is 24.6. The lowest BCUT2D eigenvalue weighted by molar-refractivity contribution is 0.406. The minimum atomic E-state index is 0.501. The summed E-state index contributed by atoms with van der Waals surface area (Å²) in [7, 11) is 0. The van der Waals surface area contributed by atoms with Gasteiger partial charge in [0.25, 0.3) is 0 Å². The lowest BCUT2D eigenvalue weighted by Crippen LogP contribution is -2.32. The fraction of sp³-hybridized carbons (Fsp3) is 0.500. The van der Waals surface area contributed by atoms with E-state index in [0.717, 1.165) is 13.2 Å². The quantitative estimate of drug-likeness (QED) is 0.660. The van der Waals surface area contributed by atoms with Gasteiger partial charge < -0.3 is 9.64 Å². The van der Waals surface area contributed by atoms with Crippen molar-refractivity contribution in [2.24, 2.45) is 0 Å². The Labute approximate surface area is 84.5 Å². The van der Waals surface area contributed by atoms with Crippen LogP contribution in [-0.2, 0) is 11.2 Å². The number of anilines is 1. The molecule has 0 bridgehead atoms. The number of rotatable bonds is 2. The van der Waals surface area contributed by atoms with Gasteiger partial charge in [-0.05, 0) is 24.5 Å². The van der Waals surface area contributed by atoms with Crippen molar-refractivity contribution in [3.05, 3.63) is 29.8 Å². The summed E-state index contributed by atoms with van der Waals surface area (Å²) in [5, 5.41) is 0. The van der Waals surface area contributed by atoms with Crippen LogP contribution in [-0.4, -0.2) is 25.8 Å². The Morgan fingerprint density at radius 3 is 3.07 bits per heavy atom. The summed E-state index contributed by atoms with van der Waals surface area (Å²) in [4.78, 5) is 2.47. The van der Waals surface area contributed by atoms with Crippen LogP contribution < -0.4 is 4.90 Å². The fourth-order valence-electron chi connectivity index (χ4n) is 2.22. The highest BCUT2D eigenvalue weighted by Gasteiger charge is 2.27. The van der Waals surface area contributed by atoms with E-state index in [2.05, 4.69) is 29.2 Å². The second-order valence-corrected chi connectivity index (χ2v) is 4.13. The van der Waals surface area contributed by atoms with Crippen LogP contribution in [0, 0.1) is 0 Å². The van der Waals surface area contributed by atoms with Crippen molar-refractivity contribution in [1.82, 2.24) is 0 Å². The highest BCUT2D eigenvalue weighted by atomic mass is 16.6. The Kier molecular flexibility index (Phi) is 1.95. The summed E-state index contributed by atoms with van der Waals surface area (Å²) in [6.07, 6.45) is 3.02. The van der Waals surface area contributed by atoms with Crippen molar-refractivity contribution in [2.75, 3.05) is 24.6 Å². The van der Waals surface area contributed by atoms with Gasteiger partial charge in [-0.1, -0.05) is 18.2 Å². The molecule has 1 saturated heterocycles. The van der Waals surface area contributed by atoms with Gasteiger partial charge in [0.15, 0.2) is 0 Å². The third-order valence-electron chi connectivity index (χ3n) is 3.03. The minimum absolute atomic E-state index is 0.501. The number of ether oxygens (including phenoxy) is 1. The maximum absolute atomic E-state index is 5.28. The van der Waals surface area contributed by atoms with Crippen molar-refractivity contribution in [2.45, 2.75) is 18.9 Å². The summed E-state index contributed by atoms with van der Waals surface area (Å²) < 4.78 is 5.28. The molecule has 3 rings (SSSR count). The van der Waals surface area contributed by atoms with Gasteiger partial charge >= 0.3 is 0 Å². The first-order chi connectivity index (χ1) is 6.93. The highest BCUT2D eigenvalue weighted by molar-refractivity contribution is 5.55. The van der Waals surface area contributed by atoms with Gasteiger partial charge in [-0.3, -0.25) is 0 Å². The zero-order chi connectivity index (χ0) is 9.38. The van der Waals surface area contributed by atoms with Gasteiger partial charge in [0, 0.05) is 18.8 Å². The molecule has 0 amide bonds. The molecule has 2 heterocycles. The predicted molar refractivity (Wildman–Crippen MR) is 56.7 cm³/mol. The Morgan fingerprint density at radius 1 is 1.36 bits per heavy atom. The second-order valence-electron chi connectivity index (χ2n) is 4.13. The van der Waals surface area contributed by atoms with E-state index in [-0.39, 0.29) is 0 Å². The molecular formula is C12H15NO. The zero-order valence-corrected chi connectivity index (χ0v) is 8.28. The summed E-state index contributed by atoms with van der Waals surface area (Å²) in [6, 6.07) is 8.74. The first kappa shape index (κ1) is 8.30. The van der Waals surface area contributed by atoms with Crippen molar-refractivity contribution in [3.63, 3.8) is 0 Å². The average Bonchev–Trinajstić information content (AvgIpc) is 3.03. The van der Waals surface area contributed by atoms with E-state index in [0.29, 0.717) is 6.10 Å². The molecule has 14 heavy (non-hydrogen) atoms. The Balaban J connectivity index is 1.85. The third kappa shape index (κ3) is 1.50. The van der Waals surface area contributed by atoms with Crippen LogP contribution in [0.15, 0.2) is 24.3 Å². The largest absolute Gasteiger partial charge is 0.371 e. The predicted octanol–water partition coefficient (Wildman–Crippen LogP) is 1.84. The van der Waals surface area contributed by atoms with Crippen LogP contribution in [0.2, 0.25) is 0 Å². The van der Waals surface area contributed by atoms with Crippen molar-refractivity contribution in [1.29, 1.82) is 0 Å². The number of para-hydroxylation sites is 1. The SMILES string of the molecule is c1ccc2c(c1)CCCN2CC1CO1. The molecule has 0 radical (unpaired) electrons. The molecule has 1 unspecified atom stereocenters. The molecule has 1 atom stereocenters. The molecule has 74 valence electrons. The first-order valence-electron chi connectivity index (χ1n) is 5.38. The number of fused-ring (bicyclic) bond motifs is 1. The molecule has 2 nitrogen and oxygen atoms in total. The van der Waals surface area contributed by atoms with E-state index >= 15 is 0 Å². The Bertz CT molecular complexity index is 333. The standard InChI is InChI=1S/C12H15NO/c1-2-6-12-10(4-1)5-3-7-13(12)8-11-9-14-11/h1-2,4,6,11H,3,5,7-9H2. The van der Waals surface area contributed by atoms with Gasteiger partial charge in [-0.15, -0.1) is 0 Å². The summed E-state index contributed by atoms with van der Waals surface area (Å²) in [6.45, 7) is 3.23. The van der Waals surface area contributed by atoms with E-state index in [9.17, 15) is 0 Å². The molecule has 2 heteroatoms. The van der Waals surface area contributed by atoms with Crippen LogP contribution in [0.5, 0.6) is 0 Å². The van der Waals surface area contributed by atoms with Crippen molar-refractivity contribution in [3.8, 4) is 0 Å². The molecule has 1 aromatic carbocycles. The van der Waals surface area contributed by atoms with Crippen LogP contribution in [0.3, 0.4) is 0 Å². The van der Waals surface area contributed by atoms with Gasteiger partial charge in [-0.25, -0.2) is 0 Å². The first-order valence-corrected chi connectivity index (χ1v) is 5.38. The monoisotopic (exact) mass is 189 g/mol. The molecule has 0 saturated carbocycles. The van der Waals surface area contributed by atoms with E-state index in [4.69, 9.17) is 4.74 Å². The lowest BCUT2D eigenvalue weighted by Gasteiger charge is -2.30. The Morgan fingerprint density at radius 2 is 2.21 bits per heavy atom. The van der Waals surface area contributed by atoms with Gasteiger partial charge in [0.1, 0.15) is 0 Å². The maximum Gasteiger partial charge on any atom is 0.0984 e. The van der Waals surface area contributed by atoms with Gasteiger partial charge in [0.2, 0.25) is 0 Å². The van der Waals surface area contributed by atoms with Crippen LogP contribution >= 0.6 is 0 Å². The van der Waals surface area contributed by atoms with E-state index in [1.165, 1.54) is 30.6 Å². The number of aryl methyl sites for hydroxylation is 1. The van der Waals surface area contributed by atoms with Crippen molar-refractivity contribution >= 4 is 5.69 Å². The van der Waals surface area contributed by atoms with Crippen molar-refractivity contribution < 1.29 is 4.74 Å². The fourth-order valence-corrected chi connectivity index (χ4v) is 2.22.